The molecule has 0 bridgehead atoms. The summed E-state index contributed by atoms with van der Waals surface area (Å²) in [6.07, 6.45) is 0. The number of phenolic OH excluding ortho intramolecular Hbond substituents is 1. The Morgan fingerprint density at radius 3 is 2.19 bits per heavy atom. The second kappa shape index (κ2) is 8.38. The van der Waals surface area contributed by atoms with Crippen molar-refractivity contribution in [2.75, 3.05) is 0 Å². The molecule has 154 valence electrons. The van der Waals surface area contributed by atoms with Crippen LogP contribution in [0.25, 0.3) is 0 Å². The van der Waals surface area contributed by atoms with E-state index in [9.17, 15) is 5.11 Å². The normalized spacial score (nSPS) is 18.1. The number of nitrogens with zero attached hydrogens (tertiary/aromatic N) is 1. The summed E-state index contributed by atoms with van der Waals surface area (Å²) in [6, 6.07) is 36.8. The molecule has 0 spiro atoms. The van der Waals surface area contributed by atoms with Gasteiger partial charge >= 0.3 is 0 Å². The van der Waals surface area contributed by atoms with E-state index in [1.165, 1.54) is 16.7 Å². The summed E-state index contributed by atoms with van der Waals surface area (Å²) in [6.45, 7) is 1.97. The predicted molar refractivity (Wildman–Crippen MR) is 122 cm³/mol. The van der Waals surface area contributed by atoms with Crippen molar-refractivity contribution in [2.45, 2.75) is 25.4 Å². The first-order valence-corrected chi connectivity index (χ1v) is 10.6. The van der Waals surface area contributed by atoms with E-state index < -0.39 is 5.72 Å². The van der Waals surface area contributed by atoms with Crippen LogP contribution in [0.4, 0.5) is 0 Å². The lowest BCUT2D eigenvalue weighted by Gasteiger charge is -2.40. The highest BCUT2D eigenvalue weighted by molar-refractivity contribution is 5.45. The van der Waals surface area contributed by atoms with Gasteiger partial charge in [-0.25, -0.2) is 0 Å². The molecule has 0 fully saturated rings. The molecule has 0 saturated carbocycles. The molecule has 1 unspecified atom stereocenters. The van der Waals surface area contributed by atoms with Gasteiger partial charge in [-0.2, -0.15) is 0 Å². The molecule has 0 radical (unpaired) electrons. The van der Waals surface area contributed by atoms with E-state index in [4.69, 9.17) is 4.74 Å². The van der Waals surface area contributed by atoms with Gasteiger partial charge in [0.1, 0.15) is 5.75 Å². The van der Waals surface area contributed by atoms with E-state index in [1.807, 2.05) is 24.3 Å². The first kappa shape index (κ1) is 19.6. The molecule has 4 aromatic carbocycles. The van der Waals surface area contributed by atoms with Gasteiger partial charge < -0.3 is 9.84 Å². The van der Waals surface area contributed by atoms with Crippen LogP contribution in [-0.2, 0) is 30.2 Å². The maximum absolute atomic E-state index is 9.92. The maximum atomic E-state index is 9.92. The maximum Gasteiger partial charge on any atom is 0.175 e. The fourth-order valence-corrected chi connectivity index (χ4v) is 4.54. The molecule has 5 rings (SSSR count). The summed E-state index contributed by atoms with van der Waals surface area (Å²) in [5.74, 6) is 0.253. The van der Waals surface area contributed by atoms with Crippen molar-refractivity contribution in [1.29, 1.82) is 0 Å². The van der Waals surface area contributed by atoms with Crippen molar-refractivity contribution < 1.29 is 9.84 Å². The smallest absolute Gasteiger partial charge is 0.175 e. The SMILES string of the molecule is Oc1cccc(COC2(c3ccccc3)c3ccccc3CN2Cc2ccccc2)c1. The molecule has 3 nitrogen and oxygen atoms in total. The Morgan fingerprint density at radius 2 is 1.42 bits per heavy atom. The molecule has 1 N–H and O–H groups in total. The Bertz CT molecular complexity index is 1160. The van der Waals surface area contributed by atoms with E-state index in [1.54, 1.807) is 12.1 Å². The summed E-state index contributed by atoms with van der Waals surface area (Å²) < 4.78 is 6.84. The lowest BCUT2D eigenvalue weighted by Crippen LogP contribution is -2.44. The number of hydrogen-bond acceptors (Lipinski definition) is 3. The Morgan fingerprint density at radius 1 is 0.742 bits per heavy atom. The average Bonchev–Trinajstić information content (AvgIpc) is 3.13. The minimum atomic E-state index is -0.709. The number of aromatic hydroxyl groups is 1. The third-order valence-corrected chi connectivity index (χ3v) is 5.93. The first-order chi connectivity index (χ1) is 15.3. The van der Waals surface area contributed by atoms with Gasteiger partial charge in [0, 0.05) is 24.2 Å². The standard InChI is InChI=1S/C28H25NO2/c30-26-16-9-12-23(18-26)21-31-28(25-14-5-2-6-15-25)27-17-8-7-13-24(27)20-29(28)19-22-10-3-1-4-11-22/h1-18,30H,19-21H2. The molecule has 1 atom stereocenters. The summed E-state index contributed by atoms with van der Waals surface area (Å²) >= 11 is 0. The summed E-state index contributed by atoms with van der Waals surface area (Å²) in [4.78, 5) is 2.41. The lowest BCUT2D eigenvalue weighted by atomic mass is 9.93. The van der Waals surface area contributed by atoms with Gasteiger partial charge in [0.25, 0.3) is 0 Å². The number of fused-ring (bicyclic) bond motifs is 1. The number of rotatable bonds is 6. The van der Waals surface area contributed by atoms with Gasteiger partial charge in [0.2, 0.25) is 0 Å². The summed E-state index contributed by atoms with van der Waals surface area (Å²) in [5, 5.41) is 9.92. The van der Waals surface area contributed by atoms with Crippen LogP contribution in [0.5, 0.6) is 5.75 Å². The van der Waals surface area contributed by atoms with Crippen molar-refractivity contribution >= 4 is 0 Å². The van der Waals surface area contributed by atoms with Crippen molar-refractivity contribution in [3.63, 3.8) is 0 Å². The van der Waals surface area contributed by atoms with Crippen molar-refractivity contribution in [1.82, 2.24) is 4.90 Å². The molecule has 4 aromatic rings. The zero-order valence-electron chi connectivity index (χ0n) is 17.3. The predicted octanol–water partition coefficient (Wildman–Crippen LogP) is 5.83. The molecule has 1 heterocycles. The molecule has 0 saturated heterocycles. The molecule has 31 heavy (non-hydrogen) atoms. The quantitative estimate of drug-likeness (QED) is 0.437. The van der Waals surface area contributed by atoms with Crippen LogP contribution in [0.15, 0.2) is 109 Å². The van der Waals surface area contributed by atoms with E-state index in [-0.39, 0.29) is 5.75 Å². The lowest BCUT2D eigenvalue weighted by molar-refractivity contribution is -0.139. The minimum Gasteiger partial charge on any atom is -0.508 e. The highest BCUT2D eigenvalue weighted by atomic mass is 16.5. The number of hydrogen-bond donors (Lipinski definition) is 1. The number of phenols is 1. The number of benzene rings is 4. The highest BCUT2D eigenvalue weighted by Crippen LogP contribution is 2.46. The van der Waals surface area contributed by atoms with Gasteiger partial charge in [-0.3, -0.25) is 4.90 Å². The number of ether oxygens (including phenoxy) is 1. The largest absolute Gasteiger partial charge is 0.508 e. The molecule has 1 aliphatic rings. The highest BCUT2D eigenvalue weighted by Gasteiger charge is 2.47. The topological polar surface area (TPSA) is 32.7 Å². The molecular formula is C28H25NO2. The third kappa shape index (κ3) is 3.74. The first-order valence-electron chi connectivity index (χ1n) is 10.6. The Kier molecular flexibility index (Phi) is 5.29. The van der Waals surface area contributed by atoms with E-state index in [0.717, 1.165) is 24.2 Å². The Labute approximate surface area is 183 Å². The molecule has 1 aliphatic heterocycles. The van der Waals surface area contributed by atoms with Crippen LogP contribution in [0.2, 0.25) is 0 Å². The van der Waals surface area contributed by atoms with Gasteiger partial charge in [-0.15, -0.1) is 0 Å². The van der Waals surface area contributed by atoms with Gasteiger partial charge in [-0.1, -0.05) is 97.1 Å². The van der Waals surface area contributed by atoms with Crippen LogP contribution < -0.4 is 0 Å². The molecular weight excluding hydrogens is 382 g/mol. The molecule has 3 heteroatoms. The van der Waals surface area contributed by atoms with Gasteiger partial charge in [-0.05, 0) is 28.8 Å². The summed E-state index contributed by atoms with van der Waals surface area (Å²) in [5.41, 5.74) is 5.04. The zero-order valence-corrected chi connectivity index (χ0v) is 17.3. The average molecular weight is 408 g/mol. The van der Waals surface area contributed by atoms with Crippen molar-refractivity contribution in [3.05, 3.63) is 137 Å². The fourth-order valence-electron chi connectivity index (χ4n) is 4.54. The van der Waals surface area contributed by atoms with Crippen molar-refractivity contribution in [2.24, 2.45) is 0 Å². The van der Waals surface area contributed by atoms with E-state index >= 15 is 0 Å². The van der Waals surface area contributed by atoms with Crippen LogP contribution in [-0.4, -0.2) is 10.0 Å². The Hall–Kier alpha value is -3.40. The van der Waals surface area contributed by atoms with Crippen LogP contribution in [0.3, 0.4) is 0 Å². The minimum absolute atomic E-state index is 0.253. The van der Waals surface area contributed by atoms with Crippen molar-refractivity contribution in [3.8, 4) is 5.75 Å². The second-order valence-corrected chi connectivity index (χ2v) is 7.97. The second-order valence-electron chi connectivity index (χ2n) is 7.97. The zero-order chi connectivity index (χ0) is 21.1. The van der Waals surface area contributed by atoms with Crippen LogP contribution in [0.1, 0.15) is 27.8 Å². The molecule has 0 aromatic heterocycles. The monoisotopic (exact) mass is 407 g/mol. The van der Waals surface area contributed by atoms with Crippen LogP contribution in [0, 0.1) is 0 Å². The van der Waals surface area contributed by atoms with Gasteiger partial charge in [0.05, 0.1) is 6.61 Å². The van der Waals surface area contributed by atoms with Crippen LogP contribution >= 0.6 is 0 Å². The Balaban J connectivity index is 1.61. The van der Waals surface area contributed by atoms with Gasteiger partial charge in [0.15, 0.2) is 5.72 Å². The molecule has 0 amide bonds. The third-order valence-electron chi connectivity index (χ3n) is 5.93. The van der Waals surface area contributed by atoms with E-state index in [2.05, 4.69) is 77.7 Å². The summed E-state index contributed by atoms with van der Waals surface area (Å²) in [7, 11) is 0. The fraction of sp³-hybridized carbons (Fsp3) is 0.143. The molecule has 0 aliphatic carbocycles. The van der Waals surface area contributed by atoms with E-state index in [0.29, 0.717) is 6.61 Å².